The number of unbranched alkanes of at least 4 members (excludes halogenated alkanes) is 25. The summed E-state index contributed by atoms with van der Waals surface area (Å²) in [4.78, 5) is 25.3. The Morgan fingerprint density at radius 1 is 0.607 bits per heavy atom. The topological polar surface area (TPSA) is 108 Å². The van der Waals surface area contributed by atoms with Crippen LogP contribution in [0.3, 0.4) is 0 Å². The van der Waals surface area contributed by atoms with Crippen LogP contribution in [0, 0.1) is 0 Å². The predicted octanol–water partition coefficient (Wildman–Crippen LogP) is 12.5. The largest absolute Gasteiger partial charge is 0.756 e. The Kier molecular flexibility index (Phi) is 38.3. The molecule has 8 nitrogen and oxygen atoms in total. The normalized spacial score (nSPS) is 14.6. The van der Waals surface area contributed by atoms with Gasteiger partial charge in [0.2, 0.25) is 5.91 Å². The van der Waals surface area contributed by atoms with Gasteiger partial charge in [0, 0.05) is 6.42 Å². The average molecular weight is 811 g/mol. The Morgan fingerprint density at radius 2 is 1.00 bits per heavy atom. The molecular weight excluding hydrogens is 719 g/mol. The molecular formula is C47H91N2O6P. The number of carbonyl (C=O) groups is 1. The van der Waals surface area contributed by atoms with Crippen molar-refractivity contribution in [2.75, 3.05) is 40.9 Å². The highest BCUT2D eigenvalue weighted by Crippen LogP contribution is 2.38. The molecule has 3 atom stereocenters. The lowest BCUT2D eigenvalue weighted by molar-refractivity contribution is -0.870. The lowest BCUT2D eigenvalue weighted by Crippen LogP contribution is -2.45. The molecule has 0 radical (unpaired) electrons. The number of phosphoric ester groups is 1. The van der Waals surface area contributed by atoms with Crippen LogP contribution in [0.1, 0.15) is 206 Å². The molecule has 0 aromatic carbocycles. The van der Waals surface area contributed by atoms with Gasteiger partial charge in [0.15, 0.2) is 0 Å². The van der Waals surface area contributed by atoms with Gasteiger partial charge in [-0.2, -0.15) is 0 Å². The number of carbonyl (C=O) groups excluding carboxylic acids is 1. The minimum atomic E-state index is -4.59. The molecule has 3 unspecified atom stereocenters. The predicted molar refractivity (Wildman–Crippen MR) is 238 cm³/mol. The number of nitrogens with zero attached hydrogens (tertiary/aromatic N) is 1. The van der Waals surface area contributed by atoms with Crippen LogP contribution in [-0.2, 0) is 18.4 Å². The maximum absolute atomic E-state index is 12.8. The van der Waals surface area contributed by atoms with Crippen LogP contribution >= 0.6 is 7.82 Å². The molecule has 0 aromatic rings. The first-order valence-electron chi connectivity index (χ1n) is 23.4. The summed E-state index contributed by atoms with van der Waals surface area (Å²) in [5.74, 6) is -0.211. The van der Waals surface area contributed by atoms with Gasteiger partial charge in [-0.05, 0) is 38.5 Å². The van der Waals surface area contributed by atoms with Gasteiger partial charge in [-0.15, -0.1) is 0 Å². The second kappa shape index (κ2) is 39.2. The van der Waals surface area contributed by atoms with E-state index in [1.807, 2.05) is 27.2 Å². The highest BCUT2D eigenvalue weighted by Gasteiger charge is 2.23. The highest BCUT2D eigenvalue weighted by molar-refractivity contribution is 7.45. The second-order valence-electron chi connectivity index (χ2n) is 17.1. The Bertz CT molecular complexity index is 1010. The van der Waals surface area contributed by atoms with Crippen LogP contribution in [0.15, 0.2) is 36.5 Å². The summed E-state index contributed by atoms with van der Waals surface area (Å²) in [7, 11) is 1.24. The molecule has 0 aliphatic rings. The smallest absolute Gasteiger partial charge is 0.268 e. The van der Waals surface area contributed by atoms with E-state index in [0.717, 1.165) is 51.4 Å². The molecule has 0 aliphatic heterocycles. The van der Waals surface area contributed by atoms with E-state index in [9.17, 15) is 19.4 Å². The summed E-state index contributed by atoms with van der Waals surface area (Å²) in [6.45, 7) is 4.55. The van der Waals surface area contributed by atoms with E-state index in [4.69, 9.17) is 9.05 Å². The number of phosphoric acid groups is 1. The number of hydrogen-bond acceptors (Lipinski definition) is 6. The minimum absolute atomic E-state index is 0.00809. The molecule has 9 heteroatoms. The van der Waals surface area contributed by atoms with Crippen LogP contribution < -0.4 is 10.2 Å². The van der Waals surface area contributed by atoms with Crippen molar-refractivity contribution in [1.82, 2.24) is 5.32 Å². The number of amides is 1. The zero-order valence-electron chi connectivity index (χ0n) is 37.3. The second-order valence-corrected chi connectivity index (χ2v) is 18.5. The van der Waals surface area contributed by atoms with Gasteiger partial charge < -0.3 is 28.8 Å². The van der Waals surface area contributed by atoms with Gasteiger partial charge in [-0.3, -0.25) is 9.36 Å². The lowest BCUT2D eigenvalue weighted by Gasteiger charge is -2.29. The van der Waals surface area contributed by atoms with Crippen LogP contribution in [-0.4, -0.2) is 68.5 Å². The number of nitrogens with one attached hydrogen (secondary N) is 1. The number of allylic oxidation sites excluding steroid dienone is 5. The maximum Gasteiger partial charge on any atom is 0.268 e. The van der Waals surface area contributed by atoms with Crippen LogP contribution in [0.5, 0.6) is 0 Å². The van der Waals surface area contributed by atoms with Crippen molar-refractivity contribution in [3.05, 3.63) is 36.5 Å². The molecule has 0 aromatic heterocycles. The Hall–Kier alpha value is -1.28. The number of rotatable bonds is 42. The first kappa shape index (κ1) is 54.7. The molecule has 0 bridgehead atoms. The van der Waals surface area contributed by atoms with Crippen molar-refractivity contribution < 1.29 is 32.9 Å². The fourth-order valence-electron chi connectivity index (χ4n) is 6.60. The van der Waals surface area contributed by atoms with Gasteiger partial charge in [-0.25, -0.2) is 0 Å². The molecule has 2 N–H and O–H groups in total. The van der Waals surface area contributed by atoms with E-state index in [0.29, 0.717) is 17.4 Å². The Balaban J connectivity index is 4.23. The summed E-state index contributed by atoms with van der Waals surface area (Å²) >= 11 is 0. The zero-order chi connectivity index (χ0) is 41.4. The Labute approximate surface area is 347 Å². The van der Waals surface area contributed by atoms with Crippen molar-refractivity contribution in [1.29, 1.82) is 0 Å². The van der Waals surface area contributed by atoms with E-state index in [1.165, 1.54) is 135 Å². The molecule has 0 heterocycles. The highest BCUT2D eigenvalue weighted by atomic mass is 31.2. The van der Waals surface area contributed by atoms with Crippen LogP contribution in [0.2, 0.25) is 0 Å². The van der Waals surface area contributed by atoms with Gasteiger partial charge in [0.25, 0.3) is 7.82 Å². The fourth-order valence-corrected chi connectivity index (χ4v) is 7.33. The van der Waals surface area contributed by atoms with E-state index < -0.39 is 26.6 Å². The third-order valence-electron chi connectivity index (χ3n) is 10.3. The van der Waals surface area contributed by atoms with Gasteiger partial charge in [0.1, 0.15) is 13.2 Å². The number of aliphatic hydroxyl groups is 1. The average Bonchev–Trinajstić information content (AvgIpc) is 3.15. The molecule has 0 aliphatic carbocycles. The monoisotopic (exact) mass is 811 g/mol. The molecule has 56 heavy (non-hydrogen) atoms. The Morgan fingerprint density at radius 3 is 1.41 bits per heavy atom. The van der Waals surface area contributed by atoms with Crippen LogP contribution in [0.4, 0.5) is 0 Å². The number of likely N-dealkylation sites (N-methyl/N-ethyl adjacent to an activating group) is 1. The third-order valence-corrected chi connectivity index (χ3v) is 11.3. The quantitative estimate of drug-likeness (QED) is 0.0275. The zero-order valence-corrected chi connectivity index (χ0v) is 38.2. The van der Waals surface area contributed by atoms with Crippen molar-refractivity contribution in [2.45, 2.75) is 219 Å². The van der Waals surface area contributed by atoms with Crippen molar-refractivity contribution in [3.8, 4) is 0 Å². The van der Waals surface area contributed by atoms with Crippen molar-refractivity contribution in [2.24, 2.45) is 0 Å². The molecule has 1 amide bonds. The SMILES string of the molecule is CCC/C=C/CC/C=C/CC/C=C/C(O)C(COP(=O)([O-])OCC[N+](C)(C)C)NC(=O)CCCCCCCCCCCCCCCCCCCCCCCCC. The fraction of sp³-hybridized carbons (Fsp3) is 0.851. The molecule has 0 saturated heterocycles. The van der Waals surface area contributed by atoms with Gasteiger partial charge in [0.05, 0.1) is 39.9 Å². The summed E-state index contributed by atoms with van der Waals surface area (Å²) in [6, 6.07) is -0.905. The number of quaternary nitrogens is 1. The summed E-state index contributed by atoms with van der Waals surface area (Å²) < 4.78 is 23.1. The minimum Gasteiger partial charge on any atom is -0.756 e. The van der Waals surface area contributed by atoms with Crippen molar-refractivity contribution in [3.63, 3.8) is 0 Å². The summed E-state index contributed by atoms with van der Waals surface area (Å²) in [5.41, 5.74) is 0. The molecule has 0 spiro atoms. The number of hydrogen-bond donors (Lipinski definition) is 2. The number of aliphatic hydroxyl groups excluding tert-OH is 1. The van der Waals surface area contributed by atoms with Gasteiger partial charge in [-0.1, -0.05) is 198 Å². The summed E-state index contributed by atoms with van der Waals surface area (Å²) in [5, 5.41) is 13.7. The summed E-state index contributed by atoms with van der Waals surface area (Å²) in [6.07, 6.45) is 47.8. The maximum atomic E-state index is 12.8. The molecule has 0 saturated carbocycles. The van der Waals surface area contributed by atoms with E-state index in [1.54, 1.807) is 6.08 Å². The first-order chi connectivity index (χ1) is 27.0. The third kappa shape index (κ3) is 40.9. The van der Waals surface area contributed by atoms with E-state index in [2.05, 4.69) is 43.5 Å². The van der Waals surface area contributed by atoms with E-state index >= 15 is 0 Å². The standard InChI is InChI=1S/C47H91N2O6P/c1-6-8-10-12-14-16-18-19-20-21-22-23-24-25-26-27-28-29-31-33-35-37-39-41-47(51)48-45(44-55-56(52,53)54-43-42-49(3,4)5)46(50)40-38-36-34-32-30-17-15-13-11-9-7-2/h11,13,30,32,38,40,45-46,50H,6-10,12,14-29,31,33-37,39,41-44H2,1-5H3,(H-,48,51,52,53)/b13-11+,32-30+,40-38+. The van der Waals surface area contributed by atoms with Crippen LogP contribution in [0.25, 0.3) is 0 Å². The molecule has 0 rings (SSSR count). The molecule has 330 valence electrons. The van der Waals surface area contributed by atoms with Gasteiger partial charge >= 0.3 is 0 Å². The first-order valence-corrected chi connectivity index (χ1v) is 24.8. The van der Waals surface area contributed by atoms with E-state index in [-0.39, 0.29) is 12.5 Å². The lowest BCUT2D eigenvalue weighted by atomic mass is 10.0. The van der Waals surface area contributed by atoms with Crippen molar-refractivity contribution >= 4 is 13.7 Å². The molecule has 0 fully saturated rings.